The summed E-state index contributed by atoms with van der Waals surface area (Å²) in [6, 6.07) is 6.98. The highest BCUT2D eigenvalue weighted by Crippen LogP contribution is 2.30. The van der Waals surface area contributed by atoms with Crippen LogP contribution in [0.3, 0.4) is 0 Å². The molecular formula is C14H19F3N2O3S. The zero-order chi connectivity index (χ0) is 17.8. The van der Waals surface area contributed by atoms with Crippen molar-refractivity contribution in [2.45, 2.75) is 32.5 Å². The van der Waals surface area contributed by atoms with E-state index in [-0.39, 0.29) is 0 Å². The van der Waals surface area contributed by atoms with Crippen LogP contribution in [0.1, 0.15) is 25.6 Å². The Labute approximate surface area is 133 Å². The topological polar surface area (TPSA) is 66.0 Å². The minimum absolute atomic E-state index is 0.396. The van der Waals surface area contributed by atoms with Crippen LogP contribution in [-0.4, -0.2) is 23.8 Å². The van der Waals surface area contributed by atoms with E-state index in [1.807, 2.05) is 6.92 Å². The van der Waals surface area contributed by atoms with Crippen molar-refractivity contribution in [2.75, 3.05) is 6.26 Å². The van der Waals surface area contributed by atoms with Crippen LogP contribution in [0.15, 0.2) is 24.3 Å². The molecule has 2 aromatic rings. The highest BCUT2D eigenvalue weighted by atomic mass is 32.2. The van der Waals surface area contributed by atoms with Gasteiger partial charge in [-0.3, -0.25) is 0 Å². The van der Waals surface area contributed by atoms with Gasteiger partial charge in [-0.1, -0.05) is 25.5 Å². The van der Waals surface area contributed by atoms with Gasteiger partial charge < -0.3 is 4.55 Å². The summed E-state index contributed by atoms with van der Waals surface area (Å²) in [6.45, 7) is 2.37. The molecule has 0 aliphatic rings. The van der Waals surface area contributed by atoms with E-state index >= 15 is 0 Å². The molecule has 0 saturated carbocycles. The van der Waals surface area contributed by atoms with Gasteiger partial charge in [-0.15, -0.1) is 0 Å². The summed E-state index contributed by atoms with van der Waals surface area (Å²) < 4.78 is 69.2. The third kappa shape index (κ3) is 5.51. The molecule has 1 heterocycles. The summed E-state index contributed by atoms with van der Waals surface area (Å²) in [6.07, 6.45) is -2.12. The zero-order valence-corrected chi connectivity index (χ0v) is 13.9. The molecule has 0 aliphatic carbocycles. The second-order valence-electron chi connectivity index (χ2n) is 5.08. The monoisotopic (exact) mass is 352 g/mol. The summed E-state index contributed by atoms with van der Waals surface area (Å²) >= 11 is 0. The maximum atomic E-state index is 13.1. The number of aryl methyl sites for hydroxylation is 2. The Morgan fingerprint density at radius 2 is 1.78 bits per heavy atom. The third-order valence-corrected chi connectivity index (χ3v) is 3.10. The van der Waals surface area contributed by atoms with Crippen molar-refractivity contribution in [3.63, 3.8) is 0 Å². The summed E-state index contributed by atoms with van der Waals surface area (Å²) in [4.78, 5) is 0. The fraction of sp³-hybridized carbons (Fsp3) is 0.500. The van der Waals surface area contributed by atoms with Crippen molar-refractivity contribution in [1.82, 2.24) is 4.57 Å². The normalized spacial score (nSPS) is 12.1. The van der Waals surface area contributed by atoms with Gasteiger partial charge in [-0.2, -0.15) is 13.2 Å². The molecule has 9 heteroatoms. The Morgan fingerprint density at radius 3 is 2.26 bits per heavy atom. The molecule has 0 amide bonds. The number of rotatable bonds is 3. The minimum atomic E-state index is -4.33. The van der Waals surface area contributed by atoms with Crippen molar-refractivity contribution >= 4 is 21.2 Å². The molecule has 0 aliphatic heterocycles. The SMILES string of the molecule is CCCCn1c(C(F)(F)F)[n+](C)c2ccccc21.CS(=O)(=O)[O-]. The molecule has 0 spiro atoms. The predicted molar refractivity (Wildman–Crippen MR) is 78.6 cm³/mol. The Hall–Kier alpha value is -1.61. The Balaban J connectivity index is 0.000000463. The summed E-state index contributed by atoms with van der Waals surface area (Å²) in [5, 5.41) is 0. The number of imidazole rings is 1. The molecule has 1 aromatic carbocycles. The first kappa shape index (κ1) is 19.4. The fourth-order valence-corrected chi connectivity index (χ4v) is 2.27. The second-order valence-corrected chi connectivity index (χ2v) is 6.49. The molecule has 23 heavy (non-hydrogen) atoms. The van der Waals surface area contributed by atoms with Crippen LogP contribution in [0.2, 0.25) is 0 Å². The predicted octanol–water partition coefficient (Wildman–Crippen LogP) is 2.45. The van der Waals surface area contributed by atoms with Crippen molar-refractivity contribution in [3.8, 4) is 0 Å². The lowest BCUT2D eigenvalue weighted by Crippen LogP contribution is -2.38. The zero-order valence-electron chi connectivity index (χ0n) is 13.1. The lowest BCUT2D eigenvalue weighted by atomic mass is 10.3. The van der Waals surface area contributed by atoms with Crippen LogP contribution in [0.25, 0.3) is 11.0 Å². The number of unbranched alkanes of at least 4 members (excludes halogenated alkanes) is 1. The van der Waals surface area contributed by atoms with Crippen LogP contribution in [-0.2, 0) is 29.9 Å². The summed E-state index contributed by atoms with van der Waals surface area (Å²) in [5.41, 5.74) is 1.25. The molecule has 0 bridgehead atoms. The molecule has 5 nitrogen and oxygen atoms in total. The van der Waals surface area contributed by atoms with Crippen molar-refractivity contribution in [3.05, 3.63) is 30.1 Å². The standard InChI is InChI=1S/C13H16F3N2.CH4O3S/c1-3-4-9-18-11-8-6-5-7-10(11)17(2)12(18)13(14,15)16;1-5(2,3)4/h5-8H,3-4,9H2,1-2H3;1H3,(H,2,3,4)/q+1;/p-1. The average Bonchev–Trinajstić information content (AvgIpc) is 2.68. The van der Waals surface area contributed by atoms with E-state index in [0.717, 1.165) is 12.8 Å². The molecule has 0 saturated heterocycles. The molecule has 1 aromatic heterocycles. The smallest absolute Gasteiger partial charge is 0.495 e. The number of halogens is 3. The van der Waals surface area contributed by atoms with Gasteiger partial charge in [0.25, 0.3) is 0 Å². The number of aromatic nitrogens is 2. The Bertz CT molecular complexity index is 759. The van der Waals surface area contributed by atoms with E-state index in [2.05, 4.69) is 0 Å². The van der Waals surface area contributed by atoms with Crippen LogP contribution in [0.5, 0.6) is 0 Å². The van der Waals surface area contributed by atoms with Gasteiger partial charge in [0.15, 0.2) is 11.0 Å². The van der Waals surface area contributed by atoms with Gasteiger partial charge in [-0.25, -0.2) is 17.6 Å². The average molecular weight is 352 g/mol. The molecule has 2 rings (SSSR count). The van der Waals surface area contributed by atoms with Crippen molar-refractivity contribution in [2.24, 2.45) is 7.05 Å². The van der Waals surface area contributed by atoms with Crippen LogP contribution in [0, 0.1) is 0 Å². The first-order chi connectivity index (χ1) is 10.5. The molecular weight excluding hydrogens is 333 g/mol. The van der Waals surface area contributed by atoms with Crippen molar-refractivity contribution < 1.29 is 30.7 Å². The number of alkyl halides is 3. The number of fused-ring (bicyclic) bond motifs is 1. The van der Waals surface area contributed by atoms with E-state index in [1.54, 1.807) is 24.3 Å². The number of benzene rings is 1. The van der Waals surface area contributed by atoms with Gasteiger partial charge in [-0.05, 0) is 18.6 Å². The van der Waals surface area contributed by atoms with E-state index in [1.165, 1.54) is 16.2 Å². The number of nitrogens with zero attached hydrogens (tertiary/aromatic N) is 2. The molecule has 0 fully saturated rings. The van der Waals surface area contributed by atoms with Crippen LogP contribution < -0.4 is 4.57 Å². The fourth-order valence-electron chi connectivity index (χ4n) is 2.27. The number of para-hydroxylation sites is 2. The quantitative estimate of drug-likeness (QED) is 0.629. The Kier molecular flexibility index (Phi) is 6.18. The number of hydrogen-bond donors (Lipinski definition) is 0. The molecule has 0 atom stereocenters. The summed E-state index contributed by atoms with van der Waals surface area (Å²) in [7, 11) is -2.45. The van der Waals surface area contributed by atoms with E-state index < -0.39 is 22.1 Å². The molecule has 0 radical (unpaired) electrons. The molecule has 0 N–H and O–H groups in total. The van der Waals surface area contributed by atoms with Gasteiger partial charge in [0, 0.05) is 6.26 Å². The second kappa shape index (κ2) is 7.31. The maximum absolute atomic E-state index is 13.1. The molecule has 0 unspecified atom stereocenters. The van der Waals surface area contributed by atoms with Crippen LogP contribution in [0.4, 0.5) is 13.2 Å². The molecule has 130 valence electrons. The van der Waals surface area contributed by atoms with Gasteiger partial charge >= 0.3 is 12.0 Å². The first-order valence-electron chi connectivity index (χ1n) is 6.92. The highest BCUT2D eigenvalue weighted by molar-refractivity contribution is 7.84. The van der Waals surface area contributed by atoms with Crippen LogP contribution >= 0.6 is 0 Å². The maximum Gasteiger partial charge on any atom is 0.495 e. The Morgan fingerprint density at radius 1 is 1.26 bits per heavy atom. The lowest BCUT2D eigenvalue weighted by Gasteiger charge is -2.05. The van der Waals surface area contributed by atoms with Gasteiger partial charge in [0.2, 0.25) is 0 Å². The van der Waals surface area contributed by atoms with Gasteiger partial charge in [0.05, 0.1) is 23.7 Å². The largest absolute Gasteiger partial charge is 0.748 e. The van der Waals surface area contributed by atoms with E-state index in [0.29, 0.717) is 23.8 Å². The van der Waals surface area contributed by atoms with Crippen molar-refractivity contribution in [1.29, 1.82) is 0 Å². The van der Waals surface area contributed by atoms with E-state index in [4.69, 9.17) is 13.0 Å². The highest BCUT2D eigenvalue weighted by Gasteiger charge is 2.45. The van der Waals surface area contributed by atoms with Gasteiger partial charge in [0.1, 0.15) is 0 Å². The number of hydrogen-bond acceptors (Lipinski definition) is 3. The minimum Gasteiger partial charge on any atom is -0.748 e. The lowest BCUT2D eigenvalue weighted by molar-refractivity contribution is -0.667. The third-order valence-electron chi connectivity index (χ3n) is 3.10. The van der Waals surface area contributed by atoms with E-state index in [9.17, 15) is 13.2 Å². The summed E-state index contributed by atoms with van der Waals surface area (Å²) in [5.74, 6) is -0.586. The first-order valence-corrected chi connectivity index (χ1v) is 8.73.